The topological polar surface area (TPSA) is 100 Å². The summed E-state index contributed by atoms with van der Waals surface area (Å²) in [6, 6.07) is 11.3. The van der Waals surface area contributed by atoms with Gasteiger partial charge in [0.25, 0.3) is 0 Å². The fourth-order valence-corrected chi connectivity index (χ4v) is 3.35. The summed E-state index contributed by atoms with van der Waals surface area (Å²) in [4.78, 5) is 22.1. The Bertz CT molecular complexity index is 1070. The minimum Gasteiger partial charge on any atom is -0.315 e. The summed E-state index contributed by atoms with van der Waals surface area (Å²) in [5, 5.41) is 13.0. The van der Waals surface area contributed by atoms with Crippen LogP contribution < -0.4 is 5.32 Å². The first kappa shape index (κ1) is 15.8. The van der Waals surface area contributed by atoms with Crippen LogP contribution in [0.25, 0.3) is 21.8 Å². The van der Waals surface area contributed by atoms with E-state index in [9.17, 15) is 5.26 Å². The number of rotatable bonds is 4. The van der Waals surface area contributed by atoms with Crippen LogP contribution in [0.2, 0.25) is 0 Å². The molecule has 124 valence electrons. The maximum atomic E-state index is 9.18. The summed E-state index contributed by atoms with van der Waals surface area (Å²) < 4.78 is 0. The van der Waals surface area contributed by atoms with E-state index >= 15 is 0 Å². The van der Waals surface area contributed by atoms with Gasteiger partial charge in [-0.2, -0.15) is 5.26 Å². The number of thiazole rings is 1. The summed E-state index contributed by atoms with van der Waals surface area (Å²) in [6.07, 6.45) is 8.03. The van der Waals surface area contributed by atoms with Gasteiger partial charge in [-0.1, -0.05) is 23.5 Å². The molecule has 0 fully saturated rings. The molecule has 8 heteroatoms. The predicted octanol–water partition coefficient (Wildman–Crippen LogP) is 3.67. The van der Waals surface area contributed by atoms with E-state index in [-0.39, 0.29) is 0 Å². The van der Waals surface area contributed by atoms with Crippen molar-refractivity contribution in [1.29, 1.82) is 5.26 Å². The largest absolute Gasteiger partial charge is 0.315 e. The molecule has 3 heterocycles. The Morgan fingerprint density at radius 3 is 2.77 bits per heavy atom. The number of nitrogens with zero attached hydrogens (tertiary/aromatic N) is 6. The van der Waals surface area contributed by atoms with Crippen LogP contribution in [0.4, 0.5) is 10.9 Å². The van der Waals surface area contributed by atoms with Crippen molar-refractivity contribution in [1.82, 2.24) is 24.9 Å². The Labute approximate surface area is 153 Å². The molecule has 26 heavy (non-hydrogen) atoms. The van der Waals surface area contributed by atoms with Gasteiger partial charge in [0.1, 0.15) is 6.33 Å². The number of nitrogens with one attached hydrogen (secondary N) is 1. The minimum absolute atomic E-state index is 0.576. The van der Waals surface area contributed by atoms with Gasteiger partial charge in [0, 0.05) is 24.2 Å². The molecule has 4 aromatic rings. The average Bonchev–Trinajstić information content (AvgIpc) is 3.13. The van der Waals surface area contributed by atoms with Crippen molar-refractivity contribution in [3.8, 4) is 27.9 Å². The Morgan fingerprint density at radius 2 is 2.00 bits per heavy atom. The smallest absolute Gasteiger partial charge is 0.189 e. The van der Waals surface area contributed by atoms with Gasteiger partial charge in [-0.05, 0) is 18.2 Å². The molecule has 0 bridgehead atoms. The van der Waals surface area contributed by atoms with Gasteiger partial charge in [0.2, 0.25) is 0 Å². The molecular formula is C18H11N7S. The van der Waals surface area contributed by atoms with Crippen molar-refractivity contribution in [2.45, 2.75) is 0 Å². The van der Waals surface area contributed by atoms with E-state index in [1.54, 1.807) is 30.9 Å². The second-order valence-corrected chi connectivity index (χ2v) is 6.20. The van der Waals surface area contributed by atoms with Crippen LogP contribution in [0.1, 0.15) is 5.56 Å². The molecule has 0 aliphatic heterocycles. The van der Waals surface area contributed by atoms with Crippen molar-refractivity contribution in [2.24, 2.45) is 0 Å². The van der Waals surface area contributed by atoms with Crippen LogP contribution in [0.15, 0.2) is 61.4 Å². The van der Waals surface area contributed by atoms with Gasteiger partial charge in [-0.25, -0.2) is 19.9 Å². The fourth-order valence-electron chi connectivity index (χ4n) is 2.38. The predicted molar refractivity (Wildman–Crippen MR) is 98.6 cm³/mol. The van der Waals surface area contributed by atoms with E-state index in [2.05, 4.69) is 31.3 Å². The van der Waals surface area contributed by atoms with Crippen LogP contribution in [0.3, 0.4) is 0 Å². The summed E-state index contributed by atoms with van der Waals surface area (Å²) in [7, 11) is 0. The lowest BCUT2D eigenvalue weighted by Crippen LogP contribution is -1.93. The van der Waals surface area contributed by atoms with Gasteiger partial charge < -0.3 is 5.32 Å². The Hall–Kier alpha value is -3.70. The molecule has 0 aliphatic rings. The number of hydrogen-bond acceptors (Lipinski definition) is 8. The second kappa shape index (κ2) is 7.04. The van der Waals surface area contributed by atoms with E-state index in [0.717, 1.165) is 21.8 Å². The molecule has 0 spiro atoms. The van der Waals surface area contributed by atoms with Crippen molar-refractivity contribution in [3.05, 3.63) is 67.0 Å². The maximum Gasteiger partial charge on any atom is 0.189 e. The monoisotopic (exact) mass is 357 g/mol. The zero-order chi connectivity index (χ0) is 17.8. The Morgan fingerprint density at radius 1 is 1.04 bits per heavy atom. The zero-order valence-electron chi connectivity index (χ0n) is 13.4. The van der Waals surface area contributed by atoms with Crippen LogP contribution >= 0.6 is 11.3 Å². The number of nitriles is 1. The van der Waals surface area contributed by atoms with Gasteiger partial charge in [0.05, 0.1) is 34.1 Å². The van der Waals surface area contributed by atoms with E-state index < -0.39 is 0 Å². The van der Waals surface area contributed by atoms with Crippen LogP contribution in [0.5, 0.6) is 0 Å². The van der Waals surface area contributed by atoms with Gasteiger partial charge in [-0.3, -0.25) is 4.98 Å². The van der Waals surface area contributed by atoms with Crippen LogP contribution in [-0.2, 0) is 0 Å². The lowest BCUT2D eigenvalue weighted by Gasteiger charge is -2.02. The fraction of sp³-hybridized carbons (Fsp3) is 0. The normalized spacial score (nSPS) is 10.3. The molecule has 0 radical (unpaired) electrons. The molecule has 0 atom stereocenters. The maximum absolute atomic E-state index is 9.18. The molecule has 0 saturated heterocycles. The highest BCUT2D eigenvalue weighted by Crippen LogP contribution is 2.38. The van der Waals surface area contributed by atoms with Crippen molar-refractivity contribution in [3.63, 3.8) is 0 Å². The highest BCUT2D eigenvalue weighted by atomic mass is 32.1. The molecule has 1 aromatic carbocycles. The van der Waals surface area contributed by atoms with E-state index in [0.29, 0.717) is 16.5 Å². The molecule has 0 saturated carbocycles. The summed E-state index contributed by atoms with van der Waals surface area (Å²) in [6.45, 7) is 0. The molecule has 0 unspecified atom stereocenters. The molecule has 4 rings (SSSR count). The molecule has 7 nitrogen and oxygen atoms in total. The third-order valence-corrected chi connectivity index (χ3v) is 4.50. The zero-order valence-corrected chi connectivity index (χ0v) is 14.2. The summed E-state index contributed by atoms with van der Waals surface area (Å²) in [5.41, 5.74) is 2.94. The quantitative estimate of drug-likeness (QED) is 0.594. The first-order valence-electron chi connectivity index (χ1n) is 7.64. The van der Waals surface area contributed by atoms with Crippen molar-refractivity contribution >= 4 is 22.3 Å². The standard InChI is InChI=1S/C18H11N7S/c19-9-12-2-1-3-13(8-12)16-17(14-4-5-21-11-23-14)26-18(25-16)24-15-10-20-6-7-22-15/h1-8,10-11H,(H,22,24,25). The second-order valence-electron chi connectivity index (χ2n) is 5.20. The minimum atomic E-state index is 0.576. The number of anilines is 2. The molecule has 0 aliphatic carbocycles. The first-order chi connectivity index (χ1) is 12.8. The van der Waals surface area contributed by atoms with Gasteiger partial charge >= 0.3 is 0 Å². The van der Waals surface area contributed by atoms with E-state index in [1.165, 1.54) is 17.7 Å². The highest BCUT2D eigenvalue weighted by Gasteiger charge is 2.16. The van der Waals surface area contributed by atoms with Gasteiger partial charge in [-0.15, -0.1) is 0 Å². The van der Waals surface area contributed by atoms with Gasteiger partial charge in [0.15, 0.2) is 10.9 Å². The molecule has 1 N–H and O–H groups in total. The van der Waals surface area contributed by atoms with Crippen LogP contribution in [-0.4, -0.2) is 24.9 Å². The number of hydrogen-bond donors (Lipinski definition) is 1. The molecule has 3 aromatic heterocycles. The Kier molecular flexibility index (Phi) is 4.28. The Balaban J connectivity index is 1.82. The third kappa shape index (κ3) is 3.24. The summed E-state index contributed by atoms with van der Waals surface area (Å²) in [5.74, 6) is 0.604. The van der Waals surface area contributed by atoms with Crippen LogP contribution in [0, 0.1) is 11.3 Å². The number of aromatic nitrogens is 5. The third-order valence-electron chi connectivity index (χ3n) is 3.51. The lowest BCUT2D eigenvalue weighted by molar-refractivity contribution is 1.17. The van der Waals surface area contributed by atoms with Crippen molar-refractivity contribution < 1.29 is 0 Å². The first-order valence-corrected chi connectivity index (χ1v) is 8.46. The van der Waals surface area contributed by atoms with E-state index in [4.69, 9.17) is 4.98 Å². The van der Waals surface area contributed by atoms with E-state index in [1.807, 2.05) is 24.3 Å². The number of benzene rings is 1. The summed E-state index contributed by atoms with van der Waals surface area (Å²) >= 11 is 1.45. The highest BCUT2D eigenvalue weighted by molar-refractivity contribution is 7.19. The molecule has 0 amide bonds. The molecular weight excluding hydrogens is 346 g/mol. The average molecular weight is 357 g/mol. The SMILES string of the molecule is N#Cc1cccc(-c2nc(Nc3cnccn3)sc2-c2ccncn2)c1. The van der Waals surface area contributed by atoms with Crippen molar-refractivity contribution in [2.75, 3.05) is 5.32 Å². The lowest BCUT2D eigenvalue weighted by atomic mass is 10.1.